The van der Waals surface area contributed by atoms with E-state index in [1.54, 1.807) is 0 Å². The molecule has 6 rings (SSSR count). The molecule has 1 amide bonds. The lowest BCUT2D eigenvalue weighted by molar-refractivity contribution is -0.112. The molecule has 4 aromatic carbocycles. The van der Waals surface area contributed by atoms with E-state index in [-0.39, 0.29) is 5.91 Å². The summed E-state index contributed by atoms with van der Waals surface area (Å²) in [6, 6.07) is 31.6. The van der Waals surface area contributed by atoms with Crippen LogP contribution in [0.3, 0.4) is 0 Å². The van der Waals surface area contributed by atoms with Crippen molar-refractivity contribution in [1.29, 1.82) is 0 Å². The fourth-order valence-corrected chi connectivity index (χ4v) is 6.68. The first-order valence-corrected chi connectivity index (χ1v) is 17.2. The number of anilines is 2. The number of hydrogen-bond donors (Lipinski definition) is 1. The Morgan fingerprint density at radius 3 is 2.38 bits per heavy atom. The highest BCUT2D eigenvalue weighted by Crippen LogP contribution is 2.37. The summed E-state index contributed by atoms with van der Waals surface area (Å²) in [5, 5.41) is 3.18. The number of rotatable bonds is 12. The lowest BCUT2D eigenvalue weighted by Gasteiger charge is -2.31. The van der Waals surface area contributed by atoms with E-state index in [2.05, 4.69) is 76.8 Å². The number of benzene rings is 4. The number of hydrogen-bond acceptors (Lipinski definition) is 6. The largest absolute Gasteiger partial charge is 0.494 e. The summed E-state index contributed by atoms with van der Waals surface area (Å²) in [5.41, 5.74) is 8.05. The minimum Gasteiger partial charge on any atom is -0.494 e. The van der Waals surface area contributed by atoms with E-state index in [0.29, 0.717) is 38.8 Å². The Labute approximate surface area is 285 Å². The van der Waals surface area contributed by atoms with Crippen LogP contribution in [-0.2, 0) is 22.6 Å². The van der Waals surface area contributed by atoms with E-state index in [9.17, 15) is 4.79 Å². The predicted octanol–water partition coefficient (Wildman–Crippen LogP) is 8.19. The minimum atomic E-state index is -0.0790. The molecule has 0 bridgehead atoms. The number of nitrogens with one attached hydrogen (secondary N) is 1. The summed E-state index contributed by atoms with van der Waals surface area (Å²) in [5.74, 6) is 1.66. The second kappa shape index (κ2) is 16.0. The van der Waals surface area contributed by atoms with E-state index >= 15 is 0 Å². The summed E-state index contributed by atoms with van der Waals surface area (Å²) in [4.78, 5) is 18.6. The Morgan fingerprint density at radius 1 is 0.896 bits per heavy atom. The molecule has 0 aliphatic carbocycles. The Hall–Kier alpha value is -4.59. The third-order valence-corrected chi connectivity index (χ3v) is 9.23. The Morgan fingerprint density at radius 2 is 1.60 bits per heavy atom. The Balaban J connectivity index is 1.25. The molecule has 7 heteroatoms. The fourth-order valence-electron chi connectivity index (χ4n) is 6.68. The van der Waals surface area contributed by atoms with Crippen LogP contribution >= 0.6 is 0 Å². The first-order chi connectivity index (χ1) is 23.5. The van der Waals surface area contributed by atoms with Crippen LogP contribution in [0.5, 0.6) is 11.5 Å². The topological polar surface area (TPSA) is 63.3 Å². The van der Waals surface area contributed by atoms with Crippen molar-refractivity contribution in [2.75, 3.05) is 50.2 Å². The summed E-state index contributed by atoms with van der Waals surface area (Å²) < 4.78 is 17.5. The van der Waals surface area contributed by atoms with E-state index in [0.717, 1.165) is 83.3 Å². The van der Waals surface area contributed by atoms with Crippen LogP contribution in [0.25, 0.3) is 17.2 Å². The smallest absolute Gasteiger partial charge is 0.251 e. The van der Waals surface area contributed by atoms with Gasteiger partial charge in [-0.15, -0.1) is 0 Å². The highest BCUT2D eigenvalue weighted by Gasteiger charge is 2.23. The van der Waals surface area contributed by atoms with Crippen molar-refractivity contribution < 1.29 is 19.0 Å². The zero-order valence-electron chi connectivity index (χ0n) is 28.4. The van der Waals surface area contributed by atoms with Crippen molar-refractivity contribution in [3.05, 3.63) is 113 Å². The van der Waals surface area contributed by atoms with Gasteiger partial charge in [-0.05, 0) is 99.3 Å². The van der Waals surface area contributed by atoms with Crippen molar-refractivity contribution in [1.82, 2.24) is 4.90 Å². The quantitative estimate of drug-likeness (QED) is 0.168. The molecule has 48 heavy (non-hydrogen) atoms. The van der Waals surface area contributed by atoms with Gasteiger partial charge in [0.25, 0.3) is 5.91 Å². The van der Waals surface area contributed by atoms with Gasteiger partial charge in [-0.3, -0.25) is 9.69 Å². The standard InChI is InChI=1S/C41H47N3O4/c1-4-47-39-12-8-6-10-33(39)29-44-23-20-32(27-34-26-31(16-19-38(34)44)37-11-7-9-13-40(37)48-5-2)41(45)42-35-17-14-30(15-18-35)28-43(3)36-21-24-46-25-22-36/h6-19,26-27,36H,4-5,20-25,28-29H2,1-3H3,(H,42,45). The number of fused-ring (bicyclic) bond motifs is 1. The molecule has 2 aliphatic rings. The van der Waals surface area contributed by atoms with Crippen LogP contribution in [0.2, 0.25) is 0 Å². The van der Waals surface area contributed by atoms with Crippen LogP contribution < -0.4 is 19.7 Å². The van der Waals surface area contributed by atoms with Crippen molar-refractivity contribution in [3.63, 3.8) is 0 Å². The van der Waals surface area contributed by atoms with Crippen LogP contribution in [0, 0.1) is 0 Å². The van der Waals surface area contributed by atoms with E-state index in [1.807, 2.05) is 56.3 Å². The predicted molar refractivity (Wildman–Crippen MR) is 195 cm³/mol. The molecular weight excluding hydrogens is 598 g/mol. The Kier molecular flexibility index (Phi) is 11.1. The molecule has 2 aliphatic heterocycles. The number of nitrogens with zero attached hydrogens (tertiary/aromatic N) is 2. The van der Waals surface area contributed by atoms with Gasteiger partial charge >= 0.3 is 0 Å². The van der Waals surface area contributed by atoms with Gasteiger partial charge < -0.3 is 24.4 Å². The van der Waals surface area contributed by atoms with Crippen molar-refractivity contribution in [2.24, 2.45) is 0 Å². The number of ether oxygens (including phenoxy) is 3. The van der Waals surface area contributed by atoms with E-state index in [4.69, 9.17) is 14.2 Å². The maximum Gasteiger partial charge on any atom is 0.251 e. The Bertz CT molecular complexity index is 1710. The third-order valence-electron chi connectivity index (χ3n) is 9.23. The van der Waals surface area contributed by atoms with Crippen molar-refractivity contribution in [3.8, 4) is 22.6 Å². The van der Waals surface area contributed by atoms with E-state index in [1.165, 1.54) is 5.56 Å². The lowest BCUT2D eigenvalue weighted by Crippen LogP contribution is -2.36. The van der Waals surface area contributed by atoms with Gasteiger partial charge in [-0.2, -0.15) is 0 Å². The van der Waals surface area contributed by atoms with Crippen LogP contribution in [0.1, 0.15) is 49.8 Å². The molecule has 250 valence electrons. The molecule has 0 atom stereocenters. The molecule has 0 spiro atoms. The zero-order chi connectivity index (χ0) is 33.3. The molecule has 1 N–H and O–H groups in total. The van der Waals surface area contributed by atoms with Crippen LogP contribution in [-0.4, -0.2) is 56.9 Å². The first kappa shape index (κ1) is 33.3. The molecule has 0 aromatic heterocycles. The van der Waals surface area contributed by atoms with Gasteiger partial charge in [-0.25, -0.2) is 0 Å². The molecule has 1 fully saturated rings. The summed E-state index contributed by atoms with van der Waals surface area (Å²) in [7, 11) is 2.18. The molecule has 0 unspecified atom stereocenters. The number of carbonyl (C=O) groups excluding carboxylic acids is 1. The summed E-state index contributed by atoms with van der Waals surface area (Å²) in [6.45, 7) is 9.11. The van der Waals surface area contributed by atoms with Gasteiger partial charge in [0.15, 0.2) is 0 Å². The van der Waals surface area contributed by atoms with Gasteiger partial charge in [-0.1, -0.05) is 54.6 Å². The van der Waals surface area contributed by atoms with Gasteiger partial charge in [0.2, 0.25) is 0 Å². The van der Waals surface area contributed by atoms with E-state index < -0.39 is 0 Å². The highest BCUT2D eigenvalue weighted by atomic mass is 16.5. The molecule has 4 aromatic rings. The zero-order valence-corrected chi connectivity index (χ0v) is 28.4. The fraction of sp³-hybridized carbons (Fsp3) is 0.341. The number of amides is 1. The lowest BCUT2D eigenvalue weighted by atomic mass is 9.99. The second-order valence-electron chi connectivity index (χ2n) is 12.5. The molecule has 2 heterocycles. The molecule has 1 saturated heterocycles. The maximum atomic E-state index is 13.8. The SMILES string of the molecule is CCOc1ccccc1CN1CCC(C(=O)Nc2ccc(CN(C)C3CCOCC3)cc2)=Cc2cc(-c3ccccc3OCC)ccc21. The summed E-state index contributed by atoms with van der Waals surface area (Å²) in [6.07, 6.45) is 4.80. The molecule has 7 nitrogen and oxygen atoms in total. The third kappa shape index (κ3) is 8.09. The average molecular weight is 646 g/mol. The van der Waals surface area contributed by atoms with Gasteiger partial charge in [0.1, 0.15) is 11.5 Å². The first-order valence-electron chi connectivity index (χ1n) is 17.2. The van der Waals surface area contributed by atoms with Crippen molar-refractivity contribution in [2.45, 2.75) is 52.2 Å². The van der Waals surface area contributed by atoms with Crippen molar-refractivity contribution >= 4 is 23.4 Å². The molecular formula is C41H47N3O4. The monoisotopic (exact) mass is 645 g/mol. The van der Waals surface area contributed by atoms with Gasteiger partial charge in [0.05, 0.1) is 13.2 Å². The number of carbonyl (C=O) groups is 1. The van der Waals surface area contributed by atoms with Crippen LogP contribution in [0.4, 0.5) is 11.4 Å². The number of para-hydroxylation sites is 2. The van der Waals surface area contributed by atoms with Crippen LogP contribution in [0.15, 0.2) is 96.6 Å². The average Bonchev–Trinajstić information content (AvgIpc) is 3.30. The summed E-state index contributed by atoms with van der Waals surface area (Å²) >= 11 is 0. The minimum absolute atomic E-state index is 0.0790. The maximum absolute atomic E-state index is 13.8. The normalized spacial score (nSPS) is 15.0. The highest BCUT2D eigenvalue weighted by molar-refractivity contribution is 6.07. The molecule has 0 radical (unpaired) electrons. The molecule has 0 saturated carbocycles. The van der Waals surface area contributed by atoms with Gasteiger partial charge in [0, 0.05) is 67.0 Å². The second-order valence-corrected chi connectivity index (χ2v) is 12.5.